The van der Waals surface area contributed by atoms with Crippen LogP contribution < -0.4 is 4.74 Å². The molecule has 0 aliphatic carbocycles. The highest BCUT2D eigenvalue weighted by molar-refractivity contribution is 6.35. The molecule has 2 heterocycles. The van der Waals surface area contributed by atoms with Gasteiger partial charge in [0.25, 0.3) is 11.8 Å². The predicted molar refractivity (Wildman–Crippen MR) is 121 cm³/mol. The summed E-state index contributed by atoms with van der Waals surface area (Å²) in [5.41, 5.74) is 1.85. The number of ether oxygens (including phenoxy) is 2. The van der Waals surface area contributed by atoms with Crippen molar-refractivity contribution in [1.82, 2.24) is 9.80 Å². The summed E-state index contributed by atoms with van der Waals surface area (Å²) in [5, 5.41) is 0. The fraction of sp³-hybridized carbons (Fsp3) is 0.600. The molecule has 170 valence electrons. The summed E-state index contributed by atoms with van der Waals surface area (Å²) in [5.74, 6) is 1.36. The largest absolute Gasteiger partial charge is 0.494 e. The van der Waals surface area contributed by atoms with Crippen molar-refractivity contribution in [2.45, 2.75) is 47.0 Å². The minimum Gasteiger partial charge on any atom is -0.494 e. The number of hydrogen-bond acceptors (Lipinski definition) is 5. The Kier molecular flexibility index (Phi) is 8.13. The molecule has 6 nitrogen and oxygen atoms in total. The third-order valence-corrected chi connectivity index (χ3v) is 5.82. The second kappa shape index (κ2) is 10.8. The Bertz CT molecular complexity index is 792. The fourth-order valence-electron chi connectivity index (χ4n) is 4.57. The standard InChI is InChI=1S/C25H36N2O4/c1-5-13-31-21-10-8-20(9-11-21)22-23(26-16-18(3)15-19(4)17-26)25(29)27(24(22)28)12-7-14-30-6-2/h8-11,18-19H,5-7,12-17H2,1-4H3. The number of carbonyl (C=O) groups excluding carboxylic acids is 2. The van der Waals surface area contributed by atoms with Crippen molar-refractivity contribution in [3.8, 4) is 5.75 Å². The Hall–Kier alpha value is -2.34. The Morgan fingerprint density at radius 2 is 1.65 bits per heavy atom. The van der Waals surface area contributed by atoms with E-state index in [1.165, 1.54) is 4.90 Å². The zero-order chi connectivity index (χ0) is 22.4. The molecule has 3 rings (SSSR count). The molecule has 0 bridgehead atoms. The molecule has 2 atom stereocenters. The second-order valence-electron chi connectivity index (χ2n) is 8.76. The van der Waals surface area contributed by atoms with Crippen molar-refractivity contribution >= 4 is 17.4 Å². The molecule has 2 amide bonds. The molecule has 2 unspecified atom stereocenters. The molecule has 31 heavy (non-hydrogen) atoms. The number of hydrogen-bond donors (Lipinski definition) is 0. The van der Waals surface area contributed by atoms with E-state index in [2.05, 4.69) is 25.7 Å². The van der Waals surface area contributed by atoms with E-state index >= 15 is 0 Å². The first kappa shape index (κ1) is 23.3. The molecule has 2 aliphatic heterocycles. The van der Waals surface area contributed by atoms with Crippen LogP contribution in [0.15, 0.2) is 30.0 Å². The zero-order valence-corrected chi connectivity index (χ0v) is 19.4. The molecular weight excluding hydrogens is 392 g/mol. The van der Waals surface area contributed by atoms with Crippen molar-refractivity contribution in [3.63, 3.8) is 0 Å². The molecule has 1 aromatic carbocycles. The van der Waals surface area contributed by atoms with Gasteiger partial charge >= 0.3 is 0 Å². The SMILES string of the molecule is CCCOc1ccc(C2=C(N3CC(C)CC(C)C3)C(=O)N(CCCOCC)C2=O)cc1. The van der Waals surface area contributed by atoms with Gasteiger partial charge in [-0.3, -0.25) is 14.5 Å². The van der Waals surface area contributed by atoms with Crippen molar-refractivity contribution in [2.24, 2.45) is 11.8 Å². The molecule has 0 saturated carbocycles. The van der Waals surface area contributed by atoms with Gasteiger partial charge in [0.05, 0.1) is 12.2 Å². The lowest BCUT2D eigenvalue weighted by molar-refractivity contribution is -0.137. The number of amides is 2. The van der Waals surface area contributed by atoms with Gasteiger partial charge < -0.3 is 14.4 Å². The normalized spacial score (nSPS) is 21.9. The molecule has 0 N–H and O–H groups in total. The van der Waals surface area contributed by atoms with E-state index in [0.29, 0.717) is 55.9 Å². The number of benzene rings is 1. The zero-order valence-electron chi connectivity index (χ0n) is 19.4. The number of piperidine rings is 1. The lowest BCUT2D eigenvalue weighted by atomic mass is 9.91. The molecule has 0 spiro atoms. The third kappa shape index (κ3) is 5.48. The molecule has 6 heteroatoms. The molecular formula is C25H36N2O4. The van der Waals surface area contributed by atoms with Crippen molar-refractivity contribution in [3.05, 3.63) is 35.5 Å². The van der Waals surface area contributed by atoms with Crippen molar-refractivity contribution in [1.29, 1.82) is 0 Å². The van der Waals surface area contributed by atoms with Gasteiger partial charge in [-0.25, -0.2) is 0 Å². The Morgan fingerprint density at radius 3 is 2.26 bits per heavy atom. The quantitative estimate of drug-likeness (QED) is 0.417. The topological polar surface area (TPSA) is 59.1 Å². The second-order valence-corrected chi connectivity index (χ2v) is 8.76. The summed E-state index contributed by atoms with van der Waals surface area (Å²) in [4.78, 5) is 30.4. The van der Waals surface area contributed by atoms with Crippen molar-refractivity contribution in [2.75, 3.05) is 39.5 Å². The van der Waals surface area contributed by atoms with Crippen LogP contribution in [0, 0.1) is 11.8 Å². The minimum absolute atomic E-state index is 0.177. The first-order valence-corrected chi connectivity index (χ1v) is 11.6. The highest BCUT2D eigenvalue weighted by atomic mass is 16.5. The highest BCUT2D eigenvalue weighted by Gasteiger charge is 2.42. The first-order valence-electron chi connectivity index (χ1n) is 11.6. The average Bonchev–Trinajstić information content (AvgIpc) is 2.99. The van der Waals surface area contributed by atoms with Crippen LogP contribution in [0.2, 0.25) is 0 Å². The van der Waals surface area contributed by atoms with Crippen LogP contribution in [0.25, 0.3) is 5.57 Å². The predicted octanol–water partition coefficient (Wildman–Crippen LogP) is 3.96. The number of likely N-dealkylation sites (tertiary alicyclic amines) is 1. The molecule has 1 saturated heterocycles. The van der Waals surface area contributed by atoms with E-state index in [4.69, 9.17) is 9.47 Å². The van der Waals surface area contributed by atoms with Gasteiger partial charge in [-0.2, -0.15) is 0 Å². The fourth-order valence-corrected chi connectivity index (χ4v) is 4.57. The van der Waals surface area contributed by atoms with E-state index in [9.17, 15) is 9.59 Å². The minimum atomic E-state index is -0.204. The summed E-state index contributed by atoms with van der Waals surface area (Å²) in [6, 6.07) is 7.55. The summed E-state index contributed by atoms with van der Waals surface area (Å²) < 4.78 is 11.1. The maximum atomic E-state index is 13.4. The average molecular weight is 429 g/mol. The van der Waals surface area contributed by atoms with Crippen LogP contribution in [0.1, 0.15) is 52.5 Å². The van der Waals surface area contributed by atoms with Gasteiger partial charge in [0, 0.05) is 32.8 Å². The first-order chi connectivity index (χ1) is 15.0. The van der Waals surface area contributed by atoms with Gasteiger partial charge in [-0.15, -0.1) is 0 Å². The van der Waals surface area contributed by atoms with Gasteiger partial charge in [0.2, 0.25) is 0 Å². The number of carbonyl (C=O) groups is 2. The Labute approximate surface area is 186 Å². The van der Waals surface area contributed by atoms with Crippen molar-refractivity contribution < 1.29 is 19.1 Å². The highest BCUT2D eigenvalue weighted by Crippen LogP contribution is 2.35. The van der Waals surface area contributed by atoms with E-state index < -0.39 is 0 Å². The molecule has 1 fully saturated rings. The maximum Gasteiger partial charge on any atom is 0.277 e. The summed E-state index contributed by atoms with van der Waals surface area (Å²) in [6.07, 6.45) is 2.72. The smallest absolute Gasteiger partial charge is 0.277 e. The Morgan fingerprint density at radius 1 is 0.968 bits per heavy atom. The number of rotatable bonds is 10. The number of imide groups is 1. The monoisotopic (exact) mass is 428 g/mol. The number of nitrogens with zero attached hydrogens (tertiary/aromatic N) is 2. The van der Waals surface area contributed by atoms with E-state index in [-0.39, 0.29) is 11.8 Å². The van der Waals surface area contributed by atoms with Gasteiger partial charge in [-0.1, -0.05) is 32.9 Å². The van der Waals surface area contributed by atoms with E-state index in [0.717, 1.165) is 37.2 Å². The molecule has 0 aromatic heterocycles. The van der Waals surface area contributed by atoms with Crippen LogP contribution in [0.4, 0.5) is 0 Å². The summed E-state index contributed by atoms with van der Waals surface area (Å²) in [7, 11) is 0. The summed E-state index contributed by atoms with van der Waals surface area (Å²) >= 11 is 0. The molecule has 1 aromatic rings. The van der Waals surface area contributed by atoms with Gasteiger partial charge in [0.1, 0.15) is 11.4 Å². The Balaban J connectivity index is 1.91. The van der Waals surface area contributed by atoms with Crippen LogP contribution in [-0.4, -0.2) is 61.1 Å². The van der Waals surface area contributed by atoms with Crippen LogP contribution in [0.3, 0.4) is 0 Å². The van der Waals surface area contributed by atoms with E-state index in [1.807, 2.05) is 31.2 Å². The van der Waals surface area contributed by atoms with Gasteiger partial charge in [0.15, 0.2) is 0 Å². The lowest BCUT2D eigenvalue weighted by Gasteiger charge is -2.37. The third-order valence-electron chi connectivity index (χ3n) is 5.82. The lowest BCUT2D eigenvalue weighted by Crippen LogP contribution is -2.42. The van der Waals surface area contributed by atoms with E-state index in [1.54, 1.807) is 0 Å². The maximum absolute atomic E-state index is 13.4. The van der Waals surface area contributed by atoms with Crippen LogP contribution in [-0.2, 0) is 14.3 Å². The van der Waals surface area contributed by atoms with Gasteiger partial charge in [-0.05, 0) is 55.7 Å². The molecule has 0 radical (unpaired) electrons. The van der Waals surface area contributed by atoms with Crippen LogP contribution in [0.5, 0.6) is 5.75 Å². The molecule has 2 aliphatic rings. The summed E-state index contributed by atoms with van der Waals surface area (Å²) in [6.45, 7) is 12.2. The van der Waals surface area contributed by atoms with Crippen LogP contribution >= 0.6 is 0 Å².